The van der Waals surface area contributed by atoms with E-state index in [-0.39, 0.29) is 6.79 Å². The van der Waals surface area contributed by atoms with Crippen LogP contribution in [0.4, 0.5) is 10.5 Å². The van der Waals surface area contributed by atoms with Gasteiger partial charge in [0.1, 0.15) is 0 Å². The smallest absolute Gasteiger partial charge is 0.411 e. The minimum atomic E-state index is -0.553. The van der Waals surface area contributed by atoms with Crippen molar-refractivity contribution in [2.45, 2.75) is 6.92 Å². The molecule has 86 valence electrons. The second kappa shape index (κ2) is 4.49. The van der Waals surface area contributed by atoms with Gasteiger partial charge in [-0.15, -0.1) is 0 Å². The number of benzene rings is 1. The van der Waals surface area contributed by atoms with E-state index >= 15 is 0 Å². The summed E-state index contributed by atoms with van der Waals surface area (Å²) >= 11 is 5.95. The molecule has 0 radical (unpaired) electrons. The molecule has 6 heteroatoms. The predicted octanol–water partition coefficient (Wildman–Crippen LogP) is 2.64. The second-order valence-corrected chi connectivity index (χ2v) is 3.44. The molecule has 0 atom stereocenters. The van der Waals surface area contributed by atoms with Gasteiger partial charge in [-0.2, -0.15) is 0 Å². The number of hydrogen-bond donors (Lipinski definition) is 1. The summed E-state index contributed by atoms with van der Waals surface area (Å²) in [6.07, 6.45) is -0.553. The van der Waals surface area contributed by atoms with Crippen molar-refractivity contribution in [1.82, 2.24) is 0 Å². The monoisotopic (exact) mass is 243 g/mol. The Hall–Kier alpha value is -1.62. The van der Waals surface area contributed by atoms with Crippen molar-refractivity contribution in [3.8, 4) is 11.5 Å². The van der Waals surface area contributed by atoms with Crippen molar-refractivity contribution in [3.63, 3.8) is 0 Å². The van der Waals surface area contributed by atoms with E-state index in [0.29, 0.717) is 28.8 Å². The molecule has 1 aromatic rings. The van der Waals surface area contributed by atoms with E-state index in [1.54, 1.807) is 19.1 Å². The Morgan fingerprint density at radius 2 is 2.19 bits per heavy atom. The molecule has 0 aromatic heterocycles. The van der Waals surface area contributed by atoms with E-state index in [9.17, 15) is 4.79 Å². The zero-order chi connectivity index (χ0) is 11.5. The van der Waals surface area contributed by atoms with Crippen LogP contribution >= 0.6 is 11.6 Å². The molecule has 5 nitrogen and oxygen atoms in total. The number of hydrogen-bond acceptors (Lipinski definition) is 4. The van der Waals surface area contributed by atoms with Crippen LogP contribution < -0.4 is 14.8 Å². The number of nitrogens with one attached hydrogen (secondary N) is 1. The van der Waals surface area contributed by atoms with Crippen molar-refractivity contribution in [2.75, 3.05) is 18.7 Å². The fourth-order valence-corrected chi connectivity index (χ4v) is 1.49. The average Bonchev–Trinajstić information content (AvgIpc) is 2.65. The zero-order valence-corrected chi connectivity index (χ0v) is 9.34. The Bertz CT molecular complexity index is 422. The van der Waals surface area contributed by atoms with Gasteiger partial charge in [-0.3, -0.25) is 5.32 Å². The number of carbonyl (C=O) groups excluding carboxylic acids is 1. The number of ether oxygens (including phenoxy) is 3. The molecule has 1 amide bonds. The predicted molar refractivity (Wildman–Crippen MR) is 58.2 cm³/mol. The minimum Gasteiger partial charge on any atom is -0.454 e. The van der Waals surface area contributed by atoms with Crippen LogP contribution in [-0.4, -0.2) is 19.5 Å². The highest BCUT2D eigenvalue weighted by molar-refractivity contribution is 6.33. The van der Waals surface area contributed by atoms with Crippen molar-refractivity contribution in [1.29, 1.82) is 0 Å². The molecular formula is C10H10ClNO4. The van der Waals surface area contributed by atoms with Crippen LogP contribution in [0.15, 0.2) is 12.1 Å². The molecule has 1 aromatic carbocycles. The van der Waals surface area contributed by atoms with Crippen molar-refractivity contribution in [3.05, 3.63) is 17.2 Å². The second-order valence-electron chi connectivity index (χ2n) is 3.03. The fraction of sp³-hybridized carbons (Fsp3) is 0.300. The molecule has 0 unspecified atom stereocenters. The summed E-state index contributed by atoms with van der Waals surface area (Å²) < 4.78 is 15.0. The standard InChI is InChI=1S/C10H10ClNO4/c1-2-14-10(13)12-7-4-9-8(3-6(7)11)15-5-16-9/h3-4H,2,5H2,1H3,(H,12,13). The molecule has 0 saturated carbocycles. The molecule has 1 aliphatic rings. The molecule has 0 fully saturated rings. The Morgan fingerprint density at radius 1 is 1.50 bits per heavy atom. The molecule has 1 heterocycles. The average molecular weight is 244 g/mol. The van der Waals surface area contributed by atoms with Crippen LogP contribution in [0, 0.1) is 0 Å². The Kier molecular flexibility index (Phi) is 3.05. The molecule has 0 aliphatic carbocycles. The van der Waals surface area contributed by atoms with Crippen molar-refractivity contribution in [2.24, 2.45) is 0 Å². The largest absolute Gasteiger partial charge is 0.454 e. The molecule has 0 saturated heterocycles. The lowest BCUT2D eigenvalue weighted by molar-refractivity contribution is 0.168. The van der Waals surface area contributed by atoms with E-state index in [1.165, 1.54) is 0 Å². The van der Waals surface area contributed by atoms with E-state index in [4.69, 9.17) is 25.8 Å². The van der Waals surface area contributed by atoms with E-state index < -0.39 is 6.09 Å². The third kappa shape index (κ3) is 2.14. The number of fused-ring (bicyclic) bond motifs is 1. The lowest BCUT2D eigenvalue weighted by atomic mass is 10.3. The zero-order valence-electron chi connectivity index (χ0n) is 8.58. The van der Waals surface area contributed by atoms with E-state index in [1.807, 2.05) is 0 Å². The summed E-state index contributed by atoms with van der Waals surface area (Å²) in [5, 5.41) is 2.88. The molecular weight excluding hydrogens is 234 g/mol. The van der Waals surface area contributed by atoms with Gasteiger partial charge in [0.25, 0.3) is 0 Å². The highest BCUT2D eigenvalue weighted by atomic mass is 35.5. The normalized spacial score (nSPS) is 12.4. The Balaban J connectivity index is 2.18. The van der Waals surface area contributed by atoms with E-state index in [0.717, 1.165) is 0 Å². The van der Waals surface area contributed by atoms with Crippen molar-refractivity contribution >= 4 is 23.4 Å². The molecule has 16 heavy (non-hydrogen) atoms. The van der Waals surface area contributed by atoms with Gasteiger partial charge in [0.15, 0.2) is 11.5 Å². The maximum Gasteiger partial charge on any atom is 0.411 e. The first-order chi connectivity index (χ1) is 7.70. The fourth-order valence-electron chi connectivity index (χ4n) is 1.29. The molecule has 1 N–H and O–H groups in total. The van der Waals surface area contributed by atoms with Crippen LogP contribution in [0.1, 0.15) is 6.92 Å². The number of carbonyl (C=O) groups is 1. The van der Waals surface area contributed by atoms with Crippen LogP contribution in [0.5, 0.6) is 11.5 Å². The summed E-state index contributed by atoms with van der Waals surface area (Å²) in [6, 6.07) is 3.19. The molecule has 1 aliphatic heterocycles. The topological polar surface area (TPSA) is 56.8 Å². The van der Waals surface area contributed by atoms with Gasteiger partial charge in [-0.05, 0) is 6.92 Å². The van der Waals surface area contributed by atoms with Gasteiger partial charge >= 0.3 is 6.09 Å². The van der Waals surface area contributed by atoms with Crippen LogP contribution in [0.25, 0.3) is 0 Å². The summed E-state index contributed by atoms with van der Waals surface area (Å²) in [4.78, 5) is 11.2. The lowest BCUT2D eigenvalue weighted by Crippen LogP contribution is -2.13. The summed E-state index contributed by atoms with van der Waals surface area (Å²) in [5.41, 5.74) is 0.435. The number of amides is 1. The maximum atomic E-state index is 11.2. The first kappa shape index (κ1) is 10.9. The van der Waals surface area contributed by atoms with Crippen LogP contribution in [-0.2, 0) is 4.74 Å². The summed E-state index contributed by atoms with van der Waals surface area (Å²) in [5.74, 6) is 1.12. The highest BCUT2D eigenvalue weighted by Crippen LogP contribution is 2.39. The van der Waals surface area contributed by atoms with Gasteiger partial charge in [-0.1, -0.05) is 11.6 Å². The summed E-state index contributed by atoms with van der Waals surface area (Å²) in [6.45, 7) is 2.18. The van der Waals surface area contributed by atoms with E-state index in [2.05, 4.69) is 5.32 Å². The Morgan fingerprint density at radius 3 is 2.88 bits per heavy atom. The van der Waals surface area contributed by atoms with Gasteiger partial charge in [0, 0.05) is 12.1 Å². The SMILES string of the molecule is CCOC(=O)Nc1cc2c(cc1Cl)OCO2. The number of halogens is 1. The molecule has 0 bridgehead atoms. The highest BCUT2D eigenvalue weighted by Gasteiger charge is 2.17. The quantitative estimate of drug-likeness (QED) is 0.868. The van der Waals surface area contributed by atoms with Crippen molar-refractivity contribution < 1.29 is 19.0 Å². The first-order valence-electron chi connectivity index (χ1n) is 4.73. The van der Waals surface area contributed by atoms with Crippen LogP contribution in [0.3, 0.4) is 0 Å². The van der Waals surface area contributed by atoms with Gasteiger partial charge in [-0.25, -0.2) is 4.79 Å². The number of anilines is 1. The summed E-state index contributed by atoms with van der Waals surface area (Å²) in [7, 11) is 0. The third-order valence-electron chi connectivity index (χ3n) is 1.97. The first-order valence-corrected chi connectivity index (χ1v) is 5.11. The van der Waals surface area contributed by atoms with Gasteiger partial charge < -0.3 is 14.2 Å². The molecule has 0 spiro atoms. The van der Waals surface area contributed by atoms with Gasteiger partial charge in [0.05, 0.1) is 17.3 Å². The minimum absolute atomic E-state index is 0.161. The Labute approximate surface area is 97.2 Å². The molecule has 2 rings (SSSR count). The lowest BCUT2D eigenvalue weighted by Gasteiger charge is -2.07. The maximum absolute atomic E-state index is 11.2. The number of rotatable bonds is 2. The van der Waals surface area contributed by atoms with Gasteiger partial charge in [0.2, 0.25) is 6.79 Å². The third-order valence-corrected chi connectivity index (χ3v) is 2.29. The van der Waals surface area contributed by atoms with Crippen LogP contribution in [0.2, 0.25) is 5.02 Å².